The summed E-state index contributed by atoms with van der Waals surface area (Å²) < 4.78 is 5.23. The Hall–Kier alpha value is -2.04. The molecule has 2 rings (SSSR count). The molecule has 0 radical (unpaired) electrons. The fourth-order valence-electron chi connectivity index (χ4n) is 3.37. The third kappa shape index (κ3) is 3.84. The molecule has 5 nitrogen and oxygen atoms in total. The van der Waals surface area contributed by atoms with Crippen LogP contribution in [0.5, 0.6) is 5.75 Å². The van der Waals surface area contributed by atoms with E-state index in [4.69, 9.17) is 4.74 Å². The van der Waals surface area contributed by atoms with Gasteiger partial charge in [0.2, 0.25) is 5.91 Å². The van der Waals surface area contributed by atoms with Gasteiger partial charge in [0, 0.05) is 0 Å². The lowest BCUT2D eigenvalue weighted by Gasteiger charge is -2.34. The first-order valence-electron chi connectivity index (χ1n) is 8.06. The average Bonchev–Trinajstić information content (AvgIpc) is 2.51. The van der Waals surface area contributed by atoms with Crippen molar-refractivity contribution in [2.24, 2.45) is 0 Å². The van der Waals surface area contributed by atoms with Crippen LogP contribution in [-0.4, -0.2) is 29.6 Å². The zero-order valence-electron chi connectivity index (χ0n) is 14.1. The molecule has 0 aliphatic heterocycles. The first kappa shape index (κ1) is 17.3. The van der Waals surface area contributed by atoms with Crippen LogP contribution in [0.4, 0.5) is 0 Å². The molecule has 1 amide bonds. The lowest BCUT2D eigenvalue weighted by Crippen LogP contribution is -2.56. The predicted molar refractivity (Wildman–Crippen MR) is 87.8 cm³/mol. The van der Waals surface area contributed by atoms with E-state index in [2.05, 4.69) is 5.32 Å². The fraction of sp³-hybridized carbons (Fsp3) is 0.556. The molecule has 1 saturated carbocycles. The maximum Gasteiger partial charge on any atom is 0.329 e. The minimum atomic E-state index is -1.09. The molecule has 1 aliphatic carbocycles. The van der Waals surface area contributed by atoms with E-state index in [0.29, 0.717) is 12.8 Å². The molecule has 0 aromatic heterocycles. The molecule has 0 bridgehead atoms. The van der Waals surface area contributed by atoms with Crippen LogP contribution in [0.3, 0.4) is 0 Å². The molecule has 5 heteroatoms. The summed E-state index contributed by atoms with van der Waals surface area (Å²) in [6, 6.07) is 3.78. The summed E-state index contributed by atoms with van der Waals surface area (Å²) in [6.45, 7) is 3.87. The Morgan fingerprint density at radius 1 is 1.17 bits per heavy atom. The highest BCUT2D eigenvalue weighted by Crippen LogP contribution is 2.29. The number of rotatable bonds is 5. The molecule has 0 atom stereocenters. The van der Waals surface area contributed by atoms with Gasteiger partial charge in [-0.2, -0.15) is 0 Å². The van der Waals surface area contributed by atoms with Gasteiger partial charge < -0.3 is 15.2 Å². The van der Waals surface area contributed by atoms with Crippen LogP contribution in [-0.2, 0) is 16.0 Å². The third-order valence-corrected chi connectivity index (χ3v) is 4.74. The molecule has 126 valence electrons. The third-order valence-electron chi connectivity index (χ3n) is 4.74. The molecule has 0 spiro atoms. The van der Waals surface area contributed by atoms with Crippen molar-refractivity contribution in [2.75, 3.05) is 7.11 Å². The lowest BCUT2D eigenvalue weighted by molar-refractivity contribution is -0.149. The van der Waals surface area contributed by atoms with Gasteiger partial charge in [0.15, 0.2) is 0 Å². The van der Waals surface area contributed by atoms with Crippen LogP contribution in [0.1, 0.15) is 48.8 Å². The molecule has 0 unspecified atom stereocenters. The van der Waals surface area contributed by atoms with Gasteiger partial charge in [-0.05, 0) is 55.5 Å². The minimum absolute atomic E-state index is 0.191. The summed E-state index contributed by atoms with van der Waals surface area (Å²) in [5.74, 6) is -0.391. The summed E-state index contributed by atoms with van der Waals surface area (Å²) in [6.07, 6.45) is 3.92. The van der Waals surface area contributed by atoms with Crippen molar-refractivity contribution in [3.63, 3.8) is 0 Å². The number of methoxy groups -OCH3 is 1. The maximum absolute atomic E-state index is 12.4. The van der Waals surface area contributed by atoms with Gasteiger partial charge >= 0.3 is 5.97 Å². The number of ether oxygens (including phenoxy) is 1. The second-order valence-corrected chi connectivity index (χ2v) is 6.41. The topological polar surface area (TPSA) is 75.6 Å². The Kier molecular flexibility index (Phi) is 5.29. The van der Waals surface area contributed by atoms with Crippen LogP contribution in [0, 0.1) is 13.8 Å². The first-order valence-corrected chi connectivity index (χ1v) is 8.06. The largest absolute Gasteiger partial charge is 0.497 e. The van der Waals surface area contributed by atoms with Crippen molar-refractivity contribution in [3.8, 4) is 5.75 Å². The van der Waals surface area contributed by atoms with Gasteiger partial charge in [-0.3, -0.25) is 4.79 Å². The smallest absolute Gasteiger partial charge is 0.329 e. The van der Waals surface area contributed by atoms with Crippen molar-refractivity contribution in [3.05, 3.63) is 28.8 Å². The number of benzene rings is 1. The first-order chi connectivity index (χ1) is 10.9. The van der Waals surface area contributed by atoms with E-state index in [9.17, 15) is 14.7 Å². The molecule has 1 aliphatic rings. The number of carboxylic acid groups (broad SMARTS) is 1. The van der Waals surface area contributed by atoms with Crippen LogP contribution < -0.4 is 10.1 Å². The molecular weight excluding hydrogens is 294 g/mol. The number of aliphatic carboxylic acids is 1. The second kappa shape index (κ2) is 7.02. The molecule has 1 fully saturated rings. The van der Waals surface area contributed by atoms with Crippen LogP contribution in [0.15, 0.2) is 12.1 Å². The lowest BCUT2D eigenvalue weighted by atomic mass is 9.81. The molecular formula is C18H25NO4. The van der Waals surface area contributed by atoms with E-state index in [1.165, 1.54) is 0 Å². The van der Waals surface area contributed by atoms with Crippen molar-refractivity contribution in [1.82, 2.24) is 5.32 Å². The van der Waals surface area contributed by atoms with E-state index in [1.54, 1.807) is 7.11 Å². The zero-order valence-corrected chi connectivity index (χ0v) is 14.1. The standard InChI is InChI=1S/C18H25NO4/c1-12-9-14(23-3)10-13(2)15(12)11-16(20)19-18(17(21)22)7-5-4-6-8-18/h9-10H,4-8,11H2,1-3H3,(H,19,20)(H,21,22). The molecule has 0 heterocycles. The van der Waals surface area contributed by atoms with E-state index < -0.39 is 11.5 Å². The Morgan fingerprint density at radius 3 is 2.22 bits per heavy atom. The number of hydrogen-bond acceptors (Lipinski definition) is 3. The van der Waals surface area contributed by atoms with Crippen LogP contribution >= 0.6 is 0 Å². The summed E-state index contributed by atoms with van der Waals surface area (Å²) in [5, 5.41) is 12.3. The van der Waals surface area contributed by atoms with Gasteiger partial charge in [-0.25, -0.2) is 4.79 Å². The number of carboxylic acids is 1. The van der Waals surface area contributed by atoms with Crippen molar-refractivity contribution in [2.45, 2.75) is 57.9 Å². The van der Waals surface area contributed by atoms with Crippen molar-refractivity contribution >= 4 is 11.9 Å². The number of hydrogen-bond donors (Lipinski definition) is 2. The quantitative estimate of drug-likeness (QED) is 0.875. The van der Waals surface area contributed by atoms with Crippen LogP contribution in [0.2, 0.25) is 0 Å². The van der Waals surface area contributed by atoms with Crippen LogP contribution in [0.25, 0.3) is 0 Å². The molecule has 1 aromatic carbocycles. The Labute approximate surface area is 137 Å². The summed E-state index contributed by atoms with van der Waals surface area (Å²) in [4.78, 5) is 24.1. The summed E-state index contributed by atoms with van der Waals surface area (Å²) in [5.41, 5.74) is 1.79. The summed E-state index contributed by atoms with van der Waals surface area (Å²) >= 11 is 0. The van der Waals surface area contributed by atoms with E-state index in [0.717, 1.165) is 41.7 Å². The number of carbonyl (C=O) groups excluding carboxylic acids is 1. The average molecular weight is 319 g/mol. The van der Waals surface area contributed by atoms with E-state index >= 15 is 0 Å². The molecule has 23 heavy (non-hydrogen) atoms. The van der Waals surface area contributed by atoms with E-state index in [1.807, 2.05) is 26.0 Å². The predicted octanol–water partition coefficient (Wildman–Crippen LogP) is 2.76. The van der Waals surface area contributed by atoms with E-state index in [-0.39, 0.29) is 12.3 Å². The van der Waals surface area contributed by atoms with Crippen molar-refractivity contribution in [1.29, 1.82) is 0 Å². The highest BCUT2D eigenvalue weighted by Gasteiger charge is 2.40. The highest BCUT2D eigenvalue weighted by molar-refractivity contribution is 5.88. The van der Waals surface area contributed by atoms with Gasteiger partial charge in [0.25, 0.3) is 0 Å². The number of carbonyl (C=O) groups is 2. The minimum Gasteiger partial charge on any atom is -0.497 e. The molecule has 2 N–H and O–H groups in total. The van der Waals surface area contributed by atoms with Gasteiger partial charge in [-0.1, -0.05) is 19.3 Å². The normalized spacial score (nSPS) is 16.7. The van der Waals surface area contributed by atoms with Crippen molar-refractivity contribution < 1.29 is 19.4 Å². The Bertz CT molecular complexity index is 580. The Balaban J connectivity index is 2.14. The number of aryl methyl sites for hydroxylation is 2. The van der Waals surface area contributed by atoms with Gasteiger partial charge in [-0.15, -0.1) is 0 Å². The fourth-order valence-corrected chi connectivity index (χ4v) is 3.37. The number of nitrogens with one attached hydrogen (secondary N) is 1. The molecule has 1 aromatic rings. The van der Waals surface area contributed by atoms with Gasteiger partial charge in [0.05, 0.1) is 13.5 Å². The highest BCUT2D eigenvalue weighted by atomic mass is 16.5. The maximum atomic E-state index is 12.4. The second-order valence-electron chi connectivity index (χ2n) is 6.41. The zero-order chi connectivity index (χ0) is 17.0. The Morgan fingerprint density at radius 2 is 1.74 bits per heavy atom. The molecule has 0 saturated heterocycles. The van der Waals surface area contributed by atoms with Gasteiger partial charge in [0.1, 0.15) is 11.3 Å². The number of amides is 1. The monoisotopic (exact) mass is 319 g/mol. The SMILES string of the molecule is COc1cc(C)c(CC(=O)NC2(C(=O)O)CCCCC2)c(C)c1. The summed E-state index contributed by atoms with van der Waals surface area (Å²) in [7, 11) is 1.61.